The van der Waals surface area contributed by atoms with Gasteiger partial charge >= 0.3 is 5.97 Å². The molecular weight excluding hydrogens is 348 g/mol. The fourth-order valence-corrected chi connectivity index (χ4v) is 3.35. The zero-order valence-corrected chi connectivity index (χ0v) is 15.9. The van der Waals surface area contributed by atoms with Crippen molar-refractivity contribution < 1.29 is 18.8 Å². The number of amides is 1. The summed E-state index contributed by atoms with van der Waals surface area (Å²) in [5, 5.41) is 13.7. The molecular formula is C19H26N4O4. The van der Waals surface area contributed by atoms with Gasteiger partial charge in [0.1, 0.15) is 11.9 Å². The zero-order valence-electron chi connectivity index (χ0n) is 15.9. The van der Waals surface area contributed by atoms with Gasteiger partial charge in [-0.3, -0.25) is 14.7 Å². The maximum Gasteiger partial charge on any atom is 0.306 e. The lowest BCUT2D eigenvalue weighted by atomic mass is 10.0. The first-order valence-corrected chi connectivity index (χ1v) is 9.36. The highest BCUT2D eigenvalue weighted by atomic mass is 16.5. The average molecular weight is 374 g/mol. The van der Waals surface area contributed by atoms with E-state index in [-0.39, 0.29) is 30.3 Å². The number of carbonyl (C=O) groups is 2. The van der Waals surface area contributed by atoms with E-state index in [1.165, 1.54) is 0 Å². The zero-order chi connectivity index (χ0) is 19.4. The Labute approximate surface area is 158 Å². The molecule has 8 nitrogen and oxygen atoms in total. The summed E-state index contributed by atoms with van der Waals surface area (Å²) in [6, 6.07) is 3.57. The highest BCUT2D eigenvalue weighted by molar-refractivity contribution is 5.91. The summed E-state index contributed by atoms with van der Waals surface area (Å²) in [4.78, 5) is 23.9. The fourth-order valence-electron chi connectivity index (χ4n) is 3.35. The van der Waals surface area contributed by atoms with Gasteiger partial charge in [-0.05, 0) is 32.1 Å². The molecule has 0 aliphatic heterocycles. The molecule has 0 aromatic carbocycles. The number of anilines is 1. The van der Waals surface area contributed by atoms with Gasteiger partial charge in [0.2, 0.25) is 5.91 Å². The quantitative estimate of drug-likeness (QED) is 0.721. The van der Waals surface area contributed by atoms with E-state index in [0.29, 0.717) is 23.9 Å². The van der Waals surface area contributed by atoms with Crippen molar-refractivity contribution in [1.29, 1.82) is 0 Å². The molecule has 0 unspecified atom stereocenters. The van der Waals surface area contributed by atoms with Crippen molar-refractivity contribution in [3.8, 4) is 0 Å². The maximum absolute atomic E-state index is 12.1. The van der Waals surface area contributed by atoms with Crippen LogP contribution < -0.4 is 5.32 Å². The molecule has 0 saturated heterocycles. The monoisotopic (exact) mass is 374 g/mol. The largest absolute Gasteiger partial charge is 0.462 e. The fraction of sp³-hybridized carbons (Fsp3) is 0.579. The molecule has 2 heterocycles. The Morgan fingerprint density at radius 2 is 2.19 bits per heavy atom. The predicted octanol–water partition coefficient (Wildman–Crippen LogP) is 3.11. The lowest BCUT2D eigenvalue weighted by Crippen LogP contribution is -2.16. The first-order valence-electron chi connectivity index (χ1n) is 9.36. The van der Waals surface area contributed by atoms with E-state index in [0.717, 1.165) is 30.7 Å². The molecule has 1 aliphatic carbocycles. The summed E-state index contributed by atoms with van der Waals surface area (Å²) >= 11 is 0. The molecule has 1 saturated carbocycles. The van der Waals surface area contributed by atoms with Gasteiger partial charge in [-0.25, -0.2) is 0 Å². The van der Waals surface area contributed by atoms with E-state index in [9.17, 15) is 9.59 Å². The highest BCUT2D eigenvalue weighted by Crippen LogP contribution is 2.36. The van der Waals surface area contributed by atoms with Crippen LogP contribution in [-0.4, -0.2) is 33.3 Å². The van der Waals surface area contributed by atoms with E-state index in [1.807, 2.05) is 19.9 Å². The molecule has 0 spiro atoms. The molecule has 146 valence electrons. The molecule has 2 aromatic heterocycles. The van der Waals surface area contributed by atoms with Crippen LogP contribution in [0.4, 0.5) is 5.82 Å². The van der Waals surface area contributed by atoms with E-state index < -0.39 is 0 Å². The van der Waals surface area contributed by atoms with Crippen molar-refractivity contribution in [1.82, 2.24) is 15.4 Å². The van der Waals surface area contributed by atoms with E-state index in [4.69, 9.17) is 9.26 Å². The van der Waals surface area contributed by atoms with E-state index in [1.54, 1.807) is 13.0 Å². The molecule has 3 rings (SSSR count). The lowest BCUT2D eigenvalue weighted by molar-refractivity contribution is -0.149. The van der Waals surface area contributed by atoms with Gasteiger partial charge in [-0.2, -0.15) is 5.10 Å². The van der Waals surface area contributed by atoms with Crippen LogP contribution in [-0.2, 0) is 20.7 Å². The molecule has 1 amide bonds. The predicted molar refractivity (Wildman–Crippen MR) is 98.1 cm³/mol. The van der Waals surface area contributed by atoms with Gasteiger partial charge in [0.05, 0.1) is 12.1 Å². The van der Waals surface area contributed by atoms with Crippen LogP contribution in [0.3, 0.4) is 0 Å². The van der Waals surface area contributed by atoms with Crippen molar-refractivity contribution in [2.75, 3.05) is 5.32 Å². The standard InChI is InChI=1S/C19H26N4O4/c1-11(2)6-19(25)26-14-5-4-13(8-14)16-10-17(22-21-16)20-18(24)9-15-7-12(3)23-27-15/h7,10-11,13-14H,4-6,8-9H2,1-3H3,(H2,20,21,22,24)/t13-,14+/m0/s1. The van der Waals surface area contributed by atoms with Crippen molar-refractivity contribution in [3.05, 3.63) is 29.3 Å². The van der Waals surface area contributed by atoms with Crippen LogP contribution in [0.25, 0.3) is 0 Å². The number of hydrogen-bond acceptors (Lipinski definition) is 6. The van der Waals surface area contributed by atoms with Gasteiger partial charge in [0, 0.05) is 30.2 Å². The number of carbonyl (C=O) groups excluding carboxylic acids is 2. The van der Waals surface area contributed by atoms with Crippen LogP contribution in [0.1, 0.15) is 62.6 Å². The van der Waals surface area contributed by atoms with Crippen LogP contribution in [0.2, 0.25) is 0 Å². The molecule has 0 radical (unpaired) electrons. The Hall–Kier alpha value is -2.64. The van der Waals surface area contributed by atoms with Crippen LogP contribution in [0.15, 0.2) is 16.7 Å². The van der Waals surface area contributed by atoms with Gasteiger partial charge < -0.3 is 14.6 Å². The summed E-state index contributed by atoms with van der Waals surface area (Å²) in [5.74, 6) is 1.20. The molecule has 8 heteroatoms. The second-order valence-electron chi connectivity index (χ2n) is 7.59. The van der Waals surface area contributed by atoms with Gasteiger partial charge in [-0.1, -0.05) is 19.0 Å². The normalized spacial score (nSPS) is 19.4. The Morgan fingerprint density at radius 3 is 2.89 bits per heavy atom. The average Bonchev–Trinajstić information content (AvgIpc) is 3.28. The van der Waals surface area contributed by atoms with Crippen LogP contribution in [0, 0.1) is 12.8 Å². The number of aromatic nitrogens is 3. The SMILES string of the molecule is Cc1cc(CC(=O)Nc2cc([C@H]3CC[C@@H](OC(=O)CC(C)C)C3)[nH]n2)on1. The first kappa shape index (κ1) is 19.1. The second-order valence-corrected chi connectivity index (χ2v) is 7.59. The molecule has 0 bridgehead atoms. The number of nitrogens with one attached hydrogen (secondary N) is 2. The Bertz CT molecular complexity index is 795. The summed E-state index contributed by atoms with van der Waals surface area (Å²) in [6.45, 7) is 5.81. The van der Waals surface area contributed by atoms with Gasteiger partial charge in [0.25, 0.3) is 0 Å². The summed E-state index contributed by atoms with van der Waals surface area (Å²) in [6.07, 6.45) is 3.06. The molecule has 1 aliphatic rings. The number of ether oxygens (including phenoxy) is 1. The highest BCUT2D eigenvalue weighted by Gasteiger charge is 2.30. The Morgan fingerprint density at radius 1 is 1.37 bits per heavy atom. The molecule has 27 heavy (non-hydrogen) atoms. The minimum atomic E-state index is -0.212. The number of esters is 1. The summed E-state index contributed by atoms with van der Waals surface area (Å²) < 4.78 is 10.6. The second kappa shape index (κ2) is 8.37. The van der Waals surface area contributed by atoms with Crippen LogP contribution >= 0.6 is 0 Å². The molecule has 2 atom stereocenters. The molecule has 2 N–H and O–H groups in total. The third-order valence-corrected chi connectivity index (χ3v) is 4.57. The van der Waals surface area contributed by atoms with E-state index >= 15 is 0 Å². The number of H-pyrrole nitrogens is 1. The number of nitrogens with zero attached hydrogens (tertiary/aromatic N) is 2. The van der Waals surface area contributed by atoms with Gasteiger partial charge in [0.15, 0.2) is 5.82 Å². The number of hydrogen-bond donors (Lipinski definition) is 2. The molecule has 2 aromatic rings. The Kier molecular flexibility index (Phi) is 5.93. The molecule has 1 fully saturated rings. The van der Waals surface area contributed by atoms with Crippen molar-refractivity contribution in [2.24, 2.45) is 5.92 Å². The van der Waals surface area contributed by atoms with Crippen molar-refractivity contribution >= 4 is 17.7 Å². The number of aryl methyl sites for hydroxylation is 1. The smallest absolute Gasteiger partial charge is 0.306 e. The first-order chi connectivity index (χ1) is 12.9. The van der Waals surface area contributed by atoms with Crippen LogP contribution in [0.5, 0.6) is 0 Å². The van der Waals surface area contributed by atoms with Gasteiger partial charge in [-0.15, -0.1) is 0 Å². The number of aromatic amines is 1. The van der Waals surface area contributed by atoms with Crippen molar-refractivity contribution in [2.45, 2.75) is 64.9 Å². The maximum atomic E-state index is 12.1. The topological polar surface area (TPSA) is 110 Å². The minimum Gasteiger partial charge on any atom is -0.462 e. The lowest BCUT2D eigenvalue weighted by Gasteiger charge is -2.13. The Balaban J connectivity index is 1.49. The minimum absolute atomic E-state index is 0.0442. The summed E-state index contributed by atoms with van der Waals surface area (Å²) in [7, 11) is 0. The third kappa shape index (κ3) is 5.42. The number of rotatable bonds is 7. The van der Waals surface area contributed by atoms with E-state index in [2.05, 4.69) is 20.7 Å². The third-order valence-electron chi connectivity index (χ3n) is 4.57. The summed E-state index contributed by atoms with van der Waals surface area (Å²) in [5.41, 5.74) is 1.69. The van der Waals surface area contributed by atoms with Crippen molar-refractivity contribution in [3.63, 3.8) is 0 Å².